The van der Waals surface area contributed by atoms with E-state index in [1.54, 1.807) is 0 Å². The lowest BCUT2D eigenvalue weighted by atomic mass is 9.97. The second-order valence-corrected chi connectivity index (χ2v) is 4.56. The van der Waals surface area contributed by atoms with Crippen molar-refractivity contribution >= 4 is 11.6 Å². The first-order valence-electron chi connectivity index (χ1n) is 6.04. The summed E-state index contributed by atoms with van der Waals surface area (Å²) in [7, 11) is 0. The molecular formula is C13H19N3O. The van der Waals surface area contributed by atoms with E-state index < -0.39 is 0 Å². The number of anilines is 1. The van der Waals surface area contributed by atoms with Gasteiger partial charge < -0.3 is 16.4 Å². The maximum Gasteiger partial charge on any atom is 0.222 e. The van der Waals surface area contributed by atoms with E-state index in [0.29, 0.717) is 6.54 Å². The van der Waals surface area contributed by atoms with E-state index >= 15 is 0 Å². The van der Waals surface area contributed by atoms with Crippen molar-refractivity contribution in [2.45, 2.75) is 19.4 Å². The minimum absolute atomic E-state index is 0.0158. The highest BCUT2D eigenvalue weighted by Crippen LogP contribution is 2.23. The second-order valence-electron chi connectivity index (χ2n) is 4.56. The number of nitrogens with two attached hydrogens (primary N) is 2. The summed E-state index contributed by atoms with van der Waals surface area (Å²) in [5, 5.41) is 0. The summed E-state index contributed by atoms with van der Waals surface area (Å²) >= 11 is 0. The quantitative estimate of drug-likeness (QED) is 0.813. The molecule has 0 spiro atoms. The highest BCUT2D eigenvalue weighted by Gasteiger charge is 2.23. The van der Waals surface area contributed by atoms with Crippen LogP contribution in [0.3, 0.4) is 0 Å². The van der Waals surface area contributed by atoms with E-state index in [1.165, 1.54) is 0 Å². The fraction of sp³-hybridized carbons (Fsp3) is 0.462. The molecule has 92 valence electrons. The summed E-state index contributed by atoms with van der Waals surface area (Å²) in [6.07, 6.45) is 1.93. The van der Waals surface area contributed by atoms with E-state index in [4.69, 9.17) is 11.5 Å². The predicted molar refractivity (Wildman–Crippen MR) is 68.5 cm³/mol. The number of hydrogen-bond donors (Lipinski definition) is 2. The lowest BCUT2D eigenvalue weighted by Crippen LogP contribution is -2.41. The van der Waals surface area contributed by atoms with Crippen LogP contribution >= 0.6 is 0 Å². The molecule has 1 atom stereocenters. The summed E-state index contributed by atoms with van der Waals surface area (Å²) in [5.74, 6) is -0.203. The van der Waals surface area contributed by atoms with E-state index in [-0.39, 0.29) is 11.8 Å². The summed E-state index contributed by atoms with van der Waals surface area (Å²) in [4.78, 5) is 13.4. The molecule has 1 fully saturated rings. The van der Waals surface area contributed by atoms with Crippen LogP contribution in [0.4, 0.5) is 5.69 Å². The van der Waals surface area contributed by atoms with Crippen molar-refractivity contribution in [2.24, 2.45) is 17.4 Å². The van der Waals surface area contributed by atoms with Crippen LogP contribution in [0.25, 0.3) is 0 Å². The first-order chi connectivity index (χ1) is 8.20. The van der Waals surface area contributed by atoms with Crippen LogP contribution < -0.4 is 16.4 Å². The molecule has 1 heterocycles. The number of nitrogens with zero attached hydrogens (tertiary/aromatic N) is 1. The SMILES string of the molecule is NCc1ccc(N2CCC[C@H](C(N)=O)C2)cc1. The zero-order valence-corrected chi connectivity index (χ0v) is 9.93. The van der Waals surface area contributed by atoms with Crippen LogP contribution in [0, 0.1) is 5.92 Å². The zero-order valence-electron chi connectivity index (χ0n) is 9.93. The first-order valence-corrected chi connectivity index (χ1v) is 6.04. The smallest absolute Gasteiger partial charge is 0.222 e. The lowest BCUT2D eigenvalue weighted by Gasteiger charge is -2.33. The Morgan fingerprint density at radius 1 is 1.35 bits per heavy atom. The fourth-order valence-corrected chi connectivity index (χ4v) is 2.29. The third kappa shape index (κ3) is 2.77. The minimum atomic E-state index is -0.187. The molecule has 0 aliphatic carbocycles. The van der Waals surface area contributed by atoms with E-state index in [2.05, 4.69) is 17.0 Å². The first kappa shape index (κ1) is 11.9. The Balaban J connectivity index is 2.08. The van der Waals surface area contributed by atoms with Gasteiger partial charge in [-0.3, -0.25) is 4.79 Å². The molecule has 1 amide bonds. The van der Waals surface area contributed by atoms with Gasteiger partial charge in [-0.25, -0.2) is 0 Å². The van der Waals surface area contributed by atoms with Crippen molar-refractivity contribution in [3.8, 4) is 0 Å². The lowest BCUT2D eigenvalue weighted by molar-refractivity contribution is -0.122. The van der Waals surface area contributed by atoms with E-state index in [9.17, 15) is 4.79 Å². The predicted octanol–water partition coefficient (Wildman–Crippen LogP) is 0.847. The van der Waals surface area contributed by atoms with Gasteiger partial charge in [-0.05, 0) is 30.5 Å². The molecule has 1 aliphatic heterocycles. The van der Waals surface area contributed by atoms with Gasteiger partial charge >= 0.3 is 0 Å². The Morgan fingerprint density at radius 3 is 2.65 bits per heavy atom. The third-order valence-corrected chi connectivity index (χ3v) is 3.36. The van der Waals surface area contributed by atoms with Crippen LogP contribution in [0.2, 0.25) is 0 Å². The van der Waals surface area contributed by atoms with Gasteiger partial charge in [-0.2, -0.15) is 0 Å². The monoisotopic (exact) mass is 233 g/mol. The normalized spacial score (nSPS) is 20.3. The van der Waals surface area contributed by atoms with Crippen molar-refractivity contribution < 1.29 is 4.79 Å². The molecule has 0 unspecified atom stereocenters. The van der Waals surface area contributed by atoms with Crippen LogP contribution in [0.1, 0.15) is 18.4 Å². The van der Waals surface area contributed by atoms with E-state index in [0.717, 1.165) is 37.2 Å². The molecule has 17 heavy (non-hydrogen) atoms. The van der Waals surface area contributed by atoms with Crippen LogP contribution in [-0.2, 0) is 11.3 Å². The van der Waals surface area contributed by atoms with Crippen LogP contribution in [-0.4, -0.2) is 19.0 Å². The molecule has 1 aromatic carbocycles. The maximum absolute atomic E-state index is 11.2. The van der Waals surface area contributed by atoms with Crippen LogP contribution in [0.5, 0.6) is 0 Å². The highest BCUT2D eigenvalue weighted by atomic mass is 16.1. The average Bonchev–Trinajstić information content (AvgIpc) is 2.39. The topological polar surface area (TPSA) is 72.3 Å². The highest BCUT2D eigenvalue weighted by molar-refractivity contribution is 5.77. The Kier molecular flexibility index (Phi) is 3.64. The molecule has 4 nitrogen and oxygen atoms in total. The van der Waals surface area contributed by atoms with Crippen molar-refractivity contribution in [3.63, 3.8) is 0 Å². The van der Waals surface area contributed by atoms with Gasteiger partial charge in [0.1, 0.15) is 0 Å². The minimum Gasteiger partial charge on any atom is -0.371 e. The van der Waals surface area contributed by atoms with Crippen molar-refractivity contribution in [2.75, 3.05) is 18.0 Å². The third-order valence-electron chi connectivity index (χ3n) is 3.36. The van der Waals surface area contributed by atoms with Crippen molar-refractivity contribution in [3.05, 3.63) is 29.8 Å². The largest absolute Gasteiger partial charge is 0.371 e. The Hall–Kier alpha value is -1.55. The summed E-state index contributed by atoms with van der Waals surface area (Å²) in [6.45, 7) is 2.28. The Labute approximate surface area is 102 Å². The number of piperidine rings is 1. The second kappa shape index (κ2) is 5.19. The number of rotatable bonds is 3. The summed E-state index contributed by atoms with van der Waals surface area (Å²) in [6, 6.07) is 8.18. The molecule has 0 aromatic heterocycles. The van der Waals surface area contributed by atoms with Gasteiger partial charge in [0.2, 0.25) is 5.91 Å². The number of primary amides is 1. The molecule has 2 rings (SSSR count). The van der Waals surface area contributed by atoms with Gasteiger partial charge in [-0.1, -0.05) is 12.1 Å². The maximum atomic E-state index is 11.2. The average molecular weight is 233 g/mol. The zero-order chi connectivity index (χ0) is 12.3. The molecule has 1 saturated heterocycles. The molecule has 1 aromatic rings. The molecular weight excluding hydrogens is 214 g/mol. The van der Waals surface area contributed by atoms with Gasteiger partial charge in [0.15, 0.2) is 0 Å². The van der Waals surface area contributed by atoms with Crippen molar-refractivity contribution in [1.82, 2.24) is 0 Å². The molecule has 0 saturated carbocycles. The van der Waals surface area contributed by atoms with E-state index in [1.807, 2.05) is 12.1 Å². The standard InChI is InChI=1S/C13H19N3O/c14-8-10-3-5-12(6-4-10)16-7-1-2-11(9-16)13(15)17/h3-6,11H,1-2,7-9,14H2,(H2,15,17)/t11-/m0/s1. The number of benzene rings is 1. The fourth-order valence-electron chi connectivity index (χ4n) is 2.29. The number of amides is 1. The Bertz CT molecular complexity index is 388. The molecule has 0 radical (unpaired) electrons. The van der Waals surface area contributed by atoms with Gasteiger partial charge in [0.25, 0.3) is 0 Å². The number of carbonyl (C=O) groups is 1. The molecule has 1 aliphatic rings. The molecule has 4 heteroatoms. The van der Waals surface area contributed by atoms with Gasteiger partial charge in [-0.15, -0.1) is 0 Å². The van der Waals surface area contributed by atoms with Crippen molar-refractivity contribution in [1.29, 1.82) is 0 Å². The van der Waals surface area contributed by atoms with Crippen LogP contribution in [0.15, 0.2) is 24.3 Å². The summed E-state index contributed by atoms with van der Waals surface area (Å²) < 4.78 is 0. The molecule has 4 N–H and O–H groups in total. The van der Waals surface area contributed by atoms with Gasteiger partial charge in [0, 0.05) is 25.3 Å². The number of carbonyl (C=O) groups excluding carboxylic acids is 1. The van der Waals surface area contributed by atoms with Gasteiger partial charge in [0.05, 0.1) is 5.92 Å². The Morgan fingerprint density at radius 2 is 2.06 bits per heavy atom. The summed E-state index contributed by atoms with van der Waals surface area (Å²) in [5.41, 5.74) is 13.2. The molecule has 0 bridgehead atoms. The number of hydrogen-bond acceptors (Lipinski definition) is 3.